The van der Waals surface area contributed by atoms with Gasteiger partial charge in [-0.3, -0.25) is 14.4 Å². The average molecular weight is 1050 g/mol. The van der Waals surface area contributed by atoms with Crippen molar-refractivity contribution in [2.75, 3.05) is 13.2 Å². The van der Waals surface area contributed by atoms with Gasteiger partial charge in [-0.25, -0.2) is 0 Å². The van der Waals surface area contributed by atoms with Crippen LogP contribution in [-0.2, 0) is 28.6 Å². The summed E-state index contributed by atoms with van der Waals surface area (Å²) in [5, 5.41) is 0. The highest BCUT2D eigenvalue weighted by Crippen LogP contribution is 2.16. The lowest BCUT2D eigenvalue weighted by Gasteiger charge is -2.18. The van der Waals surface area contributed by atoms with Gasteiger partial charge in [-0.15, -0.1) is 0 Å². The van der Waals surface area contributed by atoms with Gasteiger partial charge in [0.15, 0.2) is 6.10 Å². The summed E-state index contributed by atoms with van der Waals surface area (Å²) in [6.07, 6.45) is 83.0. The van der Waals surface area contributed by atoms with Crippen LogP contribution >= 0.6 is 0 Å². The van der Waals surface area contributed by atoms with E-state index < -0.39 is 6.10 Å². The third-order valence-corrected chi connectivity index (χ3v) is 13.9. The van der Waals surface area contributed by atoms with Crippen LogP contribution in [-0.4, -0.2) is 37.2 Å². The Balaban J connectivity index is 4.42. The normalized spacial score (nSPS) is 12.6. The van der Waals surface area contributed by atoms with Crippen LogP contribution in [0.2, 0.25) is 0 Å². The molecular formula is C69H120O6. The highest BCUT2D eigenvalue weighted by atomic mass is 16.6. The summed E-state index contributed by atoms with van der Waals surface area (Å²) >= 11 is 0. The van der Waals surface area contributed by atoms with Crippen LogP contribution in [0.1, 0.15) is 316 Å². The lowest BCUT2D eigenvalue weighted by atomic mass is 10.0. The molecule has 0 aromatic heterocycles. The summed E-state index contributed by atoms with van der Waals surface area (Å²) in [6.45, 7) is 6.52. The number of ether oxygens (including phenoxy) is 3. The van der Waals surface area contributed by atoms with Crippen molar-refractivity contribution in [1.82, 2.24) is 0 Å². The van der Waals surface area contributed by atoms with E-state index in [-0.39, 0.29) is 31.1 Å². The molecular weight excluding hydrogens is 925 g/mol. The molecule has 0 rings (SSSR count). The zero-order valence-electron chi connectivity index (χ0n) is 49.6. The first-order chi connectivity index (χ1) is 37.0. The van der Waals surface area contributed by atoms with E-state index in [0.717, 1.165) is 96.3 Å². The van der Waals surface area contributed by atoms with Crippen LogP contribution in [0.5, 0.6) is 0 Å². The highest BCUT2D eigenvalue weighted by Gasteiger charge is 2.19. The predicted octanol–water partition coefficient (Wildman–Crippen LogP) is 21.9. The number of carbonyl (C=O) groups is 3. The molecule has 0 spiro atoms. The van der Waals surface area contributed by atoms with E-state index in [0.29, 0.717) is 19.3 Å². The molecule has 0 aromatic rings. The van der Waals surface area contributed by atoms with Gasteiger partial charge >= 0.3 is 17.9 Å². The van der Waals surface area contributed by atoms with Gasteiger partial charge in [-0.1, -0.05) is 266 Å². The summed E-state index contributed by atoms with van der Waals surface area (Å²) < 4.78 is 16.9. The molecule has 6 heteroatoms. The van der Waals surface area contributed by atoms with Crippen molar-refractivity contribution in [2.24, 2.45) is 0 Å². The van der Waals surface area contributed by atoms with Gasteiger partial charge in [-0.2, -0.15) is 0 Å². The van der Waals surface area contributed by atoms with E-state index in [4.69, 9.17) is 14.2 Å². The molecule has 0 saturated carbocycles. The van der Waals surface area contributed by atoms with E-state index in [1.165, 1.54) is 180 Å². The first-order valence-electron chi connectivity index (χ1n) is 32.1. The minimum Gasteiger partial charge on any atom is -0.462 e. The fourth-order valence-corrected chi connectivity index (χ4v) is 9.05. The van der Waals surface area contributed by atoms with Crippen molar-refractivity contribution >= 4 is 17.9 Å². The van der Waals surface area contributed by atoms with Crippen LogP contribution < -0.4 is 0 Å². The maximum atomic E-state index is 12.9. The number of unbranched alkanes of at least 4 members (excludes halogenated alkanes) is 33. The summed E-state index contributed by atoms with van der Waals surface area (Å²) in [7, 11) is 0. The molecule has 0 aliphatic carbocycles. The Hall–Kier alpha value is -3.41. The quantitative estimate of drug-likeness (QED) is 0.0261. The number of hydrogen-bond acceptors (Lipinski definition) is 6. The lowest BCUT2D eigenvalue weighted by molar-refractivity contribution is -0.167. The van der Waals surface area contributed by atoms with E-state index in [2.05, 4.69) is 106 Å². The molecule has 1 atom stereocenters. The summed E-state index contributed by atoms with van der Waals surface area (Å²) in [6, 6.07) is 0. The van der Waals surface area contributed by atoms with Crippen molar-refractivity contribution in [3.8, 4) is 0 Å². The molecule has 0 heterocycles. The van der Waals surface area contributed by atoms with Crippen LogP contribution in [0.15, 0.2) is 85.1 Å². The molecule has 0 unspecified atom stereocenters. The van der Waals surface area contributed by atoms with Crippen LogP contribution in [0.4, 0.5) is 0 Å². The number of hydrogen-bond donors (Lipinski definition) is 0. The predicted molar refractivity (Wildman–Crippen MR) is 325 cm³/mol. The Morgan fingerprint density at radius 2 is 0.520 bits per heavy atom. The van der Waals surface area contributed by atoms with E-state index in [1.54, 1.807) is 0 Å². The minimum atomic E-state index is -0.794. The molecule has 0 bridgehead atoms. The van der Waals surface area contributed by atoms with Crippen LogP contribution in [0.25, 0.3) is 0 Å². The SMILES string of the molecule is CC/C=C\C/C=C\C/C=C\C/C=C\C/C=C\CCCCCC(=O)OC[C@H](COC(=O)CCCCCCCCC/C=C\CCCCCCCC)OC(=O)CCCCCCCCCCCCC/C=C\CCCCCCCC. The maximum absolute atomic E-state index is 12.9. The van der Waals surface area contributed by atoms with Gasteiger partial charge in [0.2, 0.25) is 0 Å². The van der Waals surface area contributed by atoms with Crippen LogP contribution in [0, 0.1) is 0 Å². The van der Waals surface area contributed by atoms with Gasteiger partial charge < -0.3 is 14.2 Å². The smallest absolute Gasteiger partial charge is 0.306 e. The molecule has 0 N–H and O–H groups in total. The number of allylic oxidation sites excluding steroid dienone is 14. The van der Waals surface area contributed by atoms with Crippen LogP contribution in [0.3, 0.4) is 0 Å². The molecule has 0 aliphatic rings. The molecule has 0 radical (unpaired) electrons. The first kappa shape index (κ1) is 71.6. The van der Waals surface area contributed by atoms with Gasteiger partial charge in [-0.05, 0) is 116 Å². The maximum Gasteiger partial charge on any atom is 0.306 e. The first-order valence-corrected chi connectivity index (χ1v) is 32.1. The monoisotopic (exact) mass is 1040 g/mol. The zero-order valence-corrected chi connectivity index (χ0v) is 49.6. The molecule has 0 aromatic carbocycles. The second kappa shape index (κ2) is 63.1. The Morgan fingerprint density at radius 3 is 0.840 bits per heavy atom. The third kappa shape index (κ3) is 61.3. The summed E-state index contributed by atoms with van der Waals surface area (Å²) in [4.78, 5) is 38.3. The van der Waals surface area contributed by atoms with Gasteiger partial charge in [0.25, 0.3) is 0 Å². The molecule has 75 heavy (non-hydrogen) atoms. The van der Waals surface area contributed by atoms with Gasteiger partial charge in [0.1, 0.15) is 13.2 Å². The molecule has 0 aliphatic heterocycles. The Morgan fingerprint density at radius 1 is 0.280 bits per heavy atom. The molecule has 0 fully saturated rings. The zero-order chi connectivity index (χ0) is 54.3. The lowest BCUT2D eigenvalue weighted by Crippen LogP contribution is -2.30. The number of rotatable bonds is 58. The minimum absolute atomic E-state index is 0.0884. The Labute approximate surface area is 465 Å². The number of carbonyl (C=O) groups excluding carboxylic acids is 3. The second-order valence-corrected chi connectivity index (χ2v) is 21.3. The number of esters is 3. The van der Waals surface area contributed by atoms with E-state index in [9.17, 15) is 14.4 Å². The summed E-state index contributed by atoms with van der Waals surface area (Å²) in [5.74, 6) is -0.914. The van der Waals surface area contributed by atoms with Crippen molar-refractivity contribution < 1.29 is 28.6 Å². The fourth-order valence-electron chi connectivity index (χ4n) is 9.05. The van der Waals surface area contributed by atoms with Crippen molar-refractivity contribution in [3.63, 3.8) is 0 Å². The van der Waals surface area contributed by atoms with Crippen molar-refractivity contribution in [1.29, 1.82) is 0 Å². The van der Waals surface area contributed by atoms with E-state index >= 15 is 0 Å². The van der Waals surface area contributed by atoms with Crippen molar-refractivity contribution in [3.05, 3.63) is 85.1 Å². The molecule has 432 valence electrons. The van der Waals surface area contributed by atoms with Gasteiger partial charge in [0.05, 0.1) is 0 Å². The highest BCUT2D eigenvalue weighted by molar-refractivity contribution is 5.71. The Kier molecular flexibility index (Phi) is 60.3. The topological polar surface area (TPSA) is 78.9 Å². The molecule has 6 nitrogen and oxygen atoms in total. The largest absolute Gasteiger partial charge is 0.462 e. The molecule has 0 saturated heterocycles. The summed E-state index contributed by atoms with van der Waals surface area (Å²) in [5.41, 5.74) is 0. The third-order valence-electron chi connectivity index (χ3n) is 13.9. The Bertz CT molecular complexity index is 1430. The van der Waals surface area contributed by atoms with E-state index in [1.807, 2.05) is 0 Å². The fraction of sp³-hybridized carbons (Fsp3) is 0.754. The van der Waals surface area contributed by atoms with Gasteiger partial charge in [0, 0.05) is 19.3 Å². The molecule has 0 amide bonds. The van der Waals surface area contributed by atoms with Crippen molar-refractivity contribution in [2.45, 2.75) is 322 Å². The average Bonchev–Trinajstić information content (AvgIpc) is 3.41. The second-order valence-electron chi connectivity index (χ2n) is 21.3. The standard InChI is InChI=1S/C69H120O6/c1-4-7-10-13-16-19-22-25-28-31-33-34-36-39-42-45-48-51-54-57-60-63-69(72)75-66(64-73-67(70)61-58-55-52-49-46-43-40-37-30-27-24-21-18-15-12-9-6-3)65-74-68(71)62-59-56-53-50-47-44-41-38-35-32-29-26-23-20-17-14-11-8-5-2/h8,11,17,20,25-30,35,38,44,47,66H,4-7,9-10,12-16,18-19,21-24,31-34,36-37,39-43,45-46,48-65H2,1-3H3/b11-8-,20-17-,28-25-,29-26-,30-27-,38-35-,47-44-/t66-/m0/s1.